The standard InChI is InChI=1S/C12H15NO2/c1-15-12(14)7-10-4-2-3-9-5-6-13-8-11(9)10/h2-4,13H,5-8H2,1H3. The molecule has 0 radical (unpaired) electrons. The maximum Gasteiger partial charge on any atom is 0.309 e. The van der Waals surface area contributed by atoms with E-state index in [1.807, 2.05) is 12.1 Å². The van der Waals surface area contributed by atoms with Crippen LogP contribution in [0.1, 0.15) is 16.7 Å². The molecule has 1 aromatic carbocycles. The molecule has 3 heteroatoms. The molecule has 1 aliphatic heterocycles. The molecule has 1 N–H and O–H groups in total. The molecule has 3 nitrogen and oxygen atoms in total. The Labute approximate surface area is 89.4 Å². The van der Waals surface area contributed by atoms with Gasteiger partial charge in [-0.1, -0.05) is 18.2 Å². The van der Waals surface area contributed by atoms with E-state index in [0.29, 0.717) is 6.42 Å². The van der Waals surface area contributed by atoms with Crippen molar-refractivity contribution in [2.45, 2.75) is 19.4 Å². The first-order valence-electron chi connectivity index (χ1n) is 5.18. The molecule has 0 bridgehead atoms. The van der Waals surface area contributed by atoms with E-state index in [2.05, 4.69) is 16.1 Å². The molecule has 0 aromatic heterocycles. The summed E-state index contributed by atoms with van der Waals surface area (Å²) >= 11 is 0. The zero-order valence-corrected chi connectivity index (χ0v) is 8.88. The third kappa shape index (κ3) is 2.18. The van der Waals surface area contributed by atoms with Crippen LogP contribution in [0, 0.1) is 0 Å². The van der Waals surface area contributed by atoms with Crippen molar-refractivity contribution >= 4 is 5.97 Å². The number of methoxy groups -OCH3 is 1. The van der Waals surface area contributed by atoms with Gasteiger partial charge < -0.3 is 10.1 Å². The van der Waals surface area contributed by atoms with Crippen LogP contribution in [0.4, 0.5) is 0 Å². The average molecular weight is 205 g/mol. The molecule has 0 atom stereocenters. The van der Waals surface area contributed by atoms with Crippen molar-refractivity contribution in [2.24, 2.45) is 0 Å². The molecule has 1 aromatic rings. The molecule has 1 heterocycles. The first-order chi connectivity index (χ1) is 7.31. The van der Waals surface area contributed by atoms with Gasteiger partial charge in [0.2, 0.25) is 0 Å². The van der Waals surface area contributed by atoms with Crippen LogP contribution in [0.25, 0.3) is 0 Å². The van der Waals surface area contributed by atoms with E-state index >= 15 is 0 Å². The summed E-state index contributed by atoms with van der Waals surface area (Å²) in [5, 5.41) is 3.32. The van der Waals surface area contributed by atoms with E-state index in [9.17, 15) is 4.79 Å². The van der Waals surface area contributed by atoms with Crippen molar-refractivity contribution < 1.29 is 9.53 Å². The van der Waals surface area contributed by atoms with Gasteiger partial charge in [-0.25, -0.2) is 0 Å². The lowest BCUT2D eigenvalue weighted by molar-refractivity contribution is -0.139. The molecule has 0 unspecified atom stereocenters. The summed E-state index contributed by atoms with van der Waals surface area (Å²) in [4.78, 5) is 11.2. The predicted octanol–water partition coefficient (Wildman–Crippen LogP) is 1.05. The summed E-state index contributed by atoms with van der Waals surface area (Å²) in [6, 6.07) is 6.15. The van der Waals surface area contributed by atoms with Gasteiger partial charge >= 0.3 is 5.97 Å². The van der Waals surface area contributed by atoms with Gasteiger partial charge in [-0.3, -0.25) is 4.79 Å². The maximum atomic E-state index is 11.2. The van der Waals surface area contributed by atoms with Gasteiger partial charge in [-0.2, -0.15) is 0 Å². The molecule has 2 rings (SSSR count). The minimum absolute atomic E-state index is 0.172. The third-order valence-corrected chi connectivity index (χ3v) is 2.81. The van der Waals surface area contributed by atoms with Gasteiger partial charge in [0, 0.05) is 6.54 Å². The summed E-state index contributed by atoms with van der Waals surface area (Å²) in [5.74, 6) is -0.172. The van der Waals surface area contributed by atoms with E-state index in [4.69, 9.17) is 0 Å². The number of fused-ring (bicyclic) bond motifs is 1. The number of carbonyl (C=O) groups is 1. The van der Waals surface area contributed by atoms with Crippen molar-refractivity contribution in [1.82, 2.24) is 5.32 Å². The highest BCUT2D eigenvalue weighted by atomic mass is 16.5. The number of rotatable bonds is 2. The van der Waals surface area contributed by atoms with Crippen molar-refractivity contribution in [1.29, 1.82) is 0 Å². The van der Waals surface area contributed by atoms with E-state index in [0.717, 1.165) is 25.1 Å². The Hall–Kier alpha value is -1.35. The van der Waals surface area contributed by atoms with E-state index in [-0.39, 0.29) is 5.97 Å². The van der Waals surface area contributed by atoms with Crippen LogP contribution >= 0.6 is 0 Å². The van der Waals surface area contributed by atoms with Crippen molar-refractivity contribution in [3.63, 3.8) is 0 Å². The maximum absolute atomic E-state index is 11.2. The second kappa shape index (κ2) is 4.45. The lowest BCUT2D eigenvalue weighted by atomic mass is 9.94. The zero-order valence-electron chi connectivity index (χ0n) is 8.88. The number of hydrogen-bond donors (Lipinski definition) is 1. The molecular weight excluding hydrogens is 190 g/mol. The van der Waals surface area contributed by atoms with Crippen LogP contribution in [0.5, 0.6) is 0 Å². The van der Waals surface area contributed by atoms with E-state index in [1.165, 1.54) is 18.2 Å². The summed E-state index contributed by atoms with van der Waals surface area (Å²) in [6.07, 6.45) is 1.42. The number of nitrogens with one attached hydrogen (secondary N) is 1. The minimum Gasteiger partial charge on any atom is -0.469 e. The second-order valence-corrected chi connectivity index (χ2v) is 3.73. The SMILES string of the molecule is COC(=O)Cc1cccc2c1CNCC2. The molecule has 0 spiro atoms. The Morgan fingerprint density at radius 3 is 3.20 bits per heavy atom. The summed E-state index contributed by atoms with van der Waals surface area (Å²) in [7, 11) is 1.43. The van der Waals surface area contributed by atoms with Crippen LogP contribution in [0.15, 0.2) is 18.2 Å². The van der Waals surface area contributed by atoms with Gasteiger partial charge in [0.15, 0.2) is 0 Å². The van der Waals surface area contributed by atoms with Gasteiger partial charge in [-0.15, -0.1) is 0 Å². The quantitative estimate of drug-likeness (QED) is 0.733. The number of hydrogen-bond acceptors (Lipinski definition) is 3. The molecule has 0 aliphatic carbocycles. The Balaban J connectivity index is 2.27. The highest BCUT2D eigenvalue weighted by Gasteiger charge is 2.14. The fraction of sp³-hybridized carbons (Fsp3) is 0.417. The second-order valence-electron chi connectivity index (χ2n) is 3.73. The molecule has 15 heavy (non-hydrogen) atoms. The summed E-state index contributed by atoms with van der Waals surface area (Å²) < 4.78 is 4.69. The van der Waals surface area contributed by atoms with Crippen molar-refractivity contribution in [3.8, 4) is 0 Å². The fourth-order valence-electron chi connectivity index (χ4n) is 1.98. The Morgan fingerprint density at radius 2 is 2.40 bits per heavy atom. The summed E-state index contributed by atoms with van der Waals surface area (Å²) in [5.41, 5.74) is 3.72. The topological polar surface area (TPSA) is 38.3 Å². The van der Waals surface area contributed by atoms with Crippen LogP contribution in [-0.4, -0.2) is 19.6 Å². The number of carbonyl (C=O) groups excluding carboxylic acids is 1. The largest absolute Gasteiger partial charge is 0.469 e. The van der Waals surface area contributed by atoms with Gasteiger partial charge in [-0.05, 0) is 29.7 Å². The van der Waals surface area contributed by atoms with Crippen molar-refractivity contribution in [3.05, 3.63) is 34.9 Å². The predicted molar refractivity (Wildman–Crippen MR) is 57.6 cm³/mol. The van der Waals surface area contributed by atoms with E-state index in [1.54, 1.807) is 0 Å². The molecule has 0 saturated carbocycles. The Kier molecular flexibility index (Phi) is 3.02. The monoisotopic (exact) mass is 205 g/mol. The smallest absolute Gasteiger partial charge is 0.309 e. The molecule has 80 valence electrons. The van der Waals surface area contributed by atoms with Crippen LogP contribution in [-0.2, 0) is 28.9 Å². The number of ether oxygens (including phenoxy) is 1. The van der Waals surface area contributed by atoms with Crippen LogP contribution in [0.2, 0.25) is 0 Å². The van der Waals surface area contributed by atoms with Crippen LogP contribution < -0.4 is 5.32 Å². The third-order valence-electron chi connectivity index (χ3n) is 2.81. The lowest BCUT2D eigenvalue weighted by Gasteiger charge is -2.19. The highest BCUT2D eigenvalue weighted by Crippen LogP contribution is 2.19. The highest BCUT2D eigenvalue weighted by molar-refractivity contribution is 5.73. The molecule has 0 saturated heterocycles. The normalized spacial score (nSPS) is 14.5. The van der Waals surface area contributed by atoms with Gasteiger partial charge in [0.05, 0.1) is 13.5 Å². The zero-order chi connectivity index (χ0) is 10.7. The van der Waals surface area contributed by atoms with Crippen molar-refractivity contribution in [2.75, 3.05) is 13.7 Å². The summed E-state index contributed by atoms with van der Waals surface area (Å²) in [6.45, 7) is 1.89. The Bertz CT molecular complexity index is 374. The fourth-order valence-corrected chi connectivity index (χ4v) is 1.98. The first kappa shape index (κ1) is 10.2. The Morgan fingerprint density at radius 1 is 1.53 bits per heavy atom. The minimum atomic E-state index is -0.172. The van der Waals surface area contributed by atoms with Gasteiger partial charge in [0.1, 0.15) is 0 Å². The molecule has 1 aliphatic rings. The number of esters is 1. The molecule has 0 fully saturated rings. The molecular formula is C12H15NO2. The van der Waals surface area contributed by atoms with Crippen LogP contribution in [0.3, 0.4) is 0 Å². The van der Waals surface area contributed by atoms with E-state index < -0.39 is 0 Å². The van der Waals surface area contributed by atoms with Gasteiger partial charge in [0.25, 0.3) is 0 Å². The lowest BCUT2D eigenvalue weighted by Crippen LogP contribution is -2.25. The first-order valence-corrected chi connectivity index (χ1v) is 5.18. The average Bonchev–Trinajstić information content (AvgIpc) is 2.29. The molecule has 0 amide bonds. The number of benzene rings is 1.